The van der Waals surface area contributed by atoms with E-state index in [1.165, 1.54) is 6.26 Å². The van der Waals surface area contributed by atoms with E-state index in [0.717, 1.165) is 5.56 Å². The van der Waals surface area contributed by atoms with Gasteiger partial charge < -0.3 is 0 Å². The zero-order valence-corrected chi connectivity index (χ0v) is 9.81. The van der Waals surface area contributed by atoms with Crippen LogP contribution in [0.1, 0.15) is 26.3 Å². The van der Waals surface area contributed by atoms with E-state index in [9.17, 15) is 4.21 Å². The fourth-order valence-corrected chi connectivity index (χ4v) is 1.70. The third kappa shape index (κ3) is 2.54. The van der Waals surface area contributed by atoms with Crippen molar-refractivity contribution < 1.29 is 4.21 Å². The summed E-state index contributed by atoms with van der Waals surface area (Å²) in [5.74, 6) is 0. The molecule has 1 heterocycles. The number of aromatic nitrogens is 1. The third-order valence-electron chi connectivity index (χ3n) is 2.00. The minimum Gasteiger partial charge on any atom is -0.248 e. The van der Waals surface area contributed by atoms with Gasteiger partial charge in [-0.25, -0.2) is 14.0 Å². The maximum Gasteiger partial charge on any atom is 0.135 e. The van der Waals surface area contributed by atoms with Gasteiger partial charge in [-0.2, -0.15) is 0 Å². The molecule has 0 aliphatic heterocycles. The summed E-state index contributed by atoms with van der Waals surface area (Å²) in [5, 5.41) is 0.366. The number of nitrogens with zero attached hydrogens (tertiary/aromatic N) is 1. The van der Waals surface area contributed by atoms with E-state index in [2.05, 4.69) is 25.8 Å². The van der Waals surface area contributed by atoms with Gasteiger partial charge in [-0.3, -0.25) is 0 Å². The summed E-state index contributed by atoms with van der Waals surface area (Å²) in [6.07, 6.45) is 3.01. The lowest BCUT2D eigenvalue weighted by atomic mass is 9.88. The van der Waals surface area contributed by atoms with Gasteiger partial charge in [-0.1, -0.05) is 20.8 Å². The van der Waals surface area contributed by atoms with E-state index in [0.29, 0.717) is 5.03 Å². The van der Waals surface area contributed by atoms with Crippen molar-refractivity contribution in [3.8, 4) is 0 Å². The molecular formula is C10H16N2OS. The summed E-state index contributed by atoms with van der Waals surface area (Å²) in [6, 6.07) is 3.66. The molecule has 1 atom stereocenters. The van der Waals surface area contributed by atoms with Crippen molar-refractivity contribution in [2.24, 2.45) is 0 Å². The average Bonchev–Trinajstić information content (AvgIpc) is 2.01. The van der Waals surface area contributed by atoms with Gasteiger partial charge in [0.15, 0.2) is 0 Å². The molecule has 0 radical (unpaired) electrons. The number of nitrogens with one attached hydrogen (secondary N) is 1. The van der Waals surface area contributed by atoms with Crippen LogP contribution in [0.5, 0.6) is 0 Å². The smallest absolute Gasteiger partial charge is 0.135 e. The second-order valence-corrected chi connectivity index (χ2v) is 6.58. The summed E-state index contributed by atoms with van der Waals surface area (Å²) < 4.78 is 18.9. The molecule has 1 rings (SSSR count). The first-order valence-corrected chi connectivity index (χ1v) is 6.38. The van der Waals surface area contributed by atoms with Crippen LogP contribution in [0.4, 0.5) is 0 Å². The SMILES string of the molecule is CC(C)(C)c1ccnc(S(C)(=N)=O)c1. The maximum absolute atomic E-state index is 11.5. The Labute approximate surface area is 85.5 Å². The molecule has 0 aliphatic rings. The molecule has 78 valence electrons. The van der Waals surface area contributed by atoms with Crippen LogP contribution in [0.25, 0.3) is 0 Å². The van der Waals surface area contributed by atoms with E-state index in [1.807, 2.05) is 6.07 Å². The Bertz CT molecular complexity index is 430. The van der Waals surface area contributed by atoms with Gasteiger partial charge in [-0.05, 0) is 23.1 Å². The highest BCUT2D eigenvalue weighted by molar-refractivity contribution is 7.91. The lowest BCUT2D eigenvalue weighted by Gasteiger charge is -2.19. The van der Waals surface area contributed by atoms with Crippen LogP contribution in [0.2, 0.25) is 0 Å². The van der Waals surface area contributed by atoms with Crippen LogP contribution in [0.3, 0.4) is 0 Å². The standard InChI is InChI=1S/C10H16N2OS/c1-10(2,3)8-5-6-12-9(7-8)14(4,11)13/h5-7,11H,1-4H3. The summed E-state index contributed by atoms with van der Waals surface area (Å²) in [4.78, 5) is 3.96. The number of hydrogen-bond acceptors (Lipinski definition) is 3. The first-order valence-electron chi connectivity index (χ1n) is 4.41. The average molecular weight is 212 g/mol. The topological polar surface area (TPSA) is 53.8 Å². The molecule has 0 saturated carbocycles. The summed E-state index contributed by atoms with van der Waals surface area (Å²) in [6.45, 7) is 6.23. The molecule has 3 nitrogen and oxygen atoms in total. The fraction of sp³-hybridized carbons (Fsp3) is 0.500. The van der Waals surface area contributed by atoms with Crippen molar-refractivity contribution >= 4 is 9.73 Å². The Morgan fingerprint density at radius 2 is 2.00 bits per heavy atom. The lowest BCUT2D eigenvalue weighted by molar-refractivity contribution is 0.586. The lowest BCUT2D eigenvalue weighted by Crippen LogP contribution is -2.12. The molecule has 1 aromatic rings. The van der Waals surface area contributed by atoms with E-state index < -0.39 is 9.73 Å². The normalized spacial score (nSPS) is 16.3. The fourth-order valence-electron chi connectivity index (χ4n) is 1.09. The van der Waals surface area contributed by atoms with Gasteiger partial charge in [0.05, 0.1) is 9.73 Å². The maximum atomic E-state index is 11.5. The van der Waals surface area contributed by atoms with Crippen molar-refractivity contribution in [3.63, 3.8) is 0 Å². The van der Waals surface area contributed by atoms with Gasteiger partial charge in [0.2, 0.25) is 0 Å². The minimum atomic E-state index is -2.70. The largest absolute Gasteiger partial charge is 0.248 e. The predicted octanol–water partition coefficient (Wildman–Crippen LogP) is 2.41. The van der Waals surface area contributed by atoms with E-state index in [1.54, 1.807) is 12.3 Å². The second-order valence-electron chi connectivity index (χ2n) is 4.48. The molecule has 1 N–H and O–H groups in total. The van der Waals surface area contributed by atoms with Crippen LogP contribution in [0.15, 0.2) is 23.4 Å². The number of hydrogen-bond donors (Lipinski definition) is 1. The van der Waals surface area contributed by atoms with Crippen LogP contribution >= 0.6 is 0 Å². The van der Waals surface area contributed by atoms with Gasteiger partial charge in [0.25, 0.3) is 0 Å². The molecule has 0 spiro atoms. The first-order chi connectivity index (χ1) is 6.21. The van der Waals surface area contributed by atoms with E-state index in [4.69, 9.17) is 4.78 Å². The van der Waals surface area contributed by atoms with Crippen molar-refractivity contribution in [2.45, 2.75) is 31.2 Å². The Kier molecular flexibility index (Phi) is 2.67. The molecule has 0 bridgehead atoms. The van der Waals surface area contributed by atoms with Gasteiger partial charge in [-0.15, -0.1) is 0 Å². The highest BCUT2D eigenvalue weighted by Crippen LogP contribution is 2.23. The molecule has 0 aromatic carbocycles. The minimum absolute atomic E-state index is 0.00236. The van der Waals surface area contributed by atoms with Crippen LogP contribution in [0, 0.1) is 4.78 Å². The van der Waals surface area contributed by atoms with Crippen molar-refractivity contribution in [2.75, 3.05) is 6.26 Å². The monoisotopic (exact) mass is 212 g/mol. The summed E-state index contributed by atoms with van der Waals surface area (Å²) in [7, 11) is -2.70. The van der Waals surface area contributed by atoms with Crippen LogP contribution < -0.4 is 0 Å². The third-order valence-corrected chi connectivity index (χ3v) is 3.02. The van der Waals surface area contributed by atoms with Crippen LogP contribution in [-0.4, -0.2) is 15.4 Å². The van der Waals surface area contributed by atoms with Gasteiger partial charge in [0.1, 0.15) is 5.03 Å². The quantitative estimate of drug-likeness (QED) is 0.777. The Morgan fingerprint density at radius 1 is 1.43 bits per heavy atom. The molecule has 0 amide bonds. The van der Waals surface area contributed by atoms with Crippen LogP contribution in [-0.2, 0) is 15.1 Å². The van der Waals surface area contributed by atoms with Gasteiger partial charge >= 0.3 is 0 Å². The van der Waals surface area contributed by atoms with Crippen molar-refractivity contribution in [1.29, 1.82) is 4.78 Å². The summed E-state index contributed by atoms with van der Waals surface area (Å²) in [5.41, 5.74) is 1.06. The Hall–Kier alpha value is -0.900. The zero-order valence-electron chi connectivity index (χ0n) is 9.00. The molecule has 1 aromatic heterocycles. The molecular weight excluding hydrogens is 196 g/mol. The molecule has 1 unspecified atom stereocenters. The second kappa shape index (κ2) is 3.35. The Balaban J connectivity index is 3.29. The number of rotatable bonds is 1. The molecule has 0 saturated heterocycles. The van der Waals surface area contributed by atoms with Crippen molar-refractivity contribution in [3.05, 3.63) is 23.9 Å². The first kappa shape index (κ1) is 11.2. The predicted molar refractivity (Wildman–Crippen MR) is 58.0 cm³/mol. The highest BCUT2D eigenvalue weighted by atomic mass is 32.2. The molecule has 14 heavy (non-hydrogen) atoms. The molecule has 4 heteroatoms. The van der Waals surface area contributed by atoms with Gasteiger partial charge in [0, 0.05) is 12.5 Å². The van der Waals surface area contributed by atoms with Crippen molar-refractivity contribution in [1.82, 2.24) is 4.98 Å². The van der Waals surface area contributed by atoms with E-state index in [-0.39, 0.29) is 5.41 Å². The zero-order chi connectivity index (χ0) is 11.0. The molecule has 0 aliphatic carbocycles. The Morgan fingerprint density at radius 3 is 2.43 bits per heavy atom. The number of pyridine rings is 1. The summed E-state index contributed by atoms with van der Waals surface area (Å²) >= 11 is 0. The van der Waals surface area contributed by atoms with E-state index >= 15 is 0 Å². The highest BCUT2D eigenvalue weighted by Gasteiger charge is 2.15. The molecule has 0 fully saturated rings.